The molecule has 1 heterocycles. The summed E-state index contributed by atoms with van der Waals surface area (Å²) in [7, 11) is 0. The van der Waals surface area contributed by atoms with Crippen LogP contribution in [0.15, 0.2) is 6.20 Å². The summed E-state index contributed by atoms with van der Waals surface area (Å²) in [6.45, 7) is 0. The van der Waals surface area contributed by atoms with Gasteiger partial charge in [-0.1, -0.05) is 15.9 Å². The van der Waals surface area contributed by atoms with Crippen LogP contribution >= 0.6 is 15.9 Å². The minimum atomic E-state index is -5.09. The number of aromatic nitrogens is 1. The third-order valence-corrected chi connectivity index (χ3v) is 2.36. The first-order valence-corrected chi connectivity index (χ1v) is 5.44. The average Bonchev–Trinajstić information content (AvgIpc) is 2.26. The second-order valence-electron chi connectivity index (χ2n) is 2.96. The molecule has 0 saturated heterocycles. The van der Waals surface area contributed by atoms with Gasteiger partial charge in [-0.25, -0.2) is 8.78 Å². The van der Waals surface area contributed by atoms with Crippen LogP contribution in [0.5, 0.6) is 5.75 Å². The van der Waals surface area contributed by atoms with Crippen molar-refractivity contribution in [2.24, 2.45) is 0 Å². The lowest BCUT2D eigenvalue weighted by Crippen LogP contribution is -2.20. The molecular weight excluding hydrogens is 327 g/mol. The lowest BCUT2D eigenvalue weighted by atomic mass is 10.1. The molecule has 3 nitrogen and oxygen atoms in total. The van der Waals surface area contributed by atoms with Gasteiger partial charge < -0.3 is 4.74 Å². The lowest BCUT2D eigenvalue weighted by Gasteiger charge is -2.14. The van der Waals surface area contributed by atoms with Crippen molar-refractivity contribution in [1.29, 1.82) is 5.26 Å². The maximum atomic E-state index is 12.5. The molecular formula is C9H4BrF5N2O. The van der Waals surface area contributed by atoms with Crippen molar-refractivity contribution >= 4 is 15.9 Å². The number of pyridine rings is 1. The van der Waals surface area contributed by atoms with E-state index in [1.165, 1.54) is 6.07 Å². The van der Waals surface area contributed by atoms with Gasteiger partial charge >= 0.3 is 6.36 Å². The van der Waals surface area contributed by atoms with Crippen molar-refractivity contribution < 1.29 is 26.7 Å². The Labute approximate surface area is 106 Å². The lowest BCUT2D eigenvalue weighted by molar-refractivity contribution is -0.275. The van der Waals surface area contributed by atoms with Gasteiger partial charge in [0.25, 0.3) is 6.43 Å². The number of ether oxygens (including phenoxy) is 1. The molecule has 0 bridgehead atoms. The van der Waals surface area contributed by atoms with E-state index in [0.717, 1.165) is 0 Å². The predicted octanol–water partition coefficient (Wildman–Crippen LogP) is 3.68. The van der Waals surface area contributed by atoms with Crippen LogP contribution in [-0.2, 0) is 5.33 Å². The zero-order valence-electron chi connectivity index (χ0n) is 8.43. The first-order valence-electron chi connectivity index (χ1n) is 4.32. The van der Waals surface area contributed by atoms with Crippen LogP contribution in [0.4, 0.5) is 22.0 Å². The Balaban J connectivity index is 3.43. The number of nitrogens with zero attached hydrogens (tertiary/aromatic N) is 2. The minimum absolute atomic E-state index is 0.170. The SMILES string of the molecule is N#Cc1c(C(F)F)cnc(CBr)c1OC(F)(F)F. The zero-order valence-corrected chi connectivity index (χ0v) is 10.0. The Morgan fingerprint density at radius 3 is 2.44 bits per heavy atom. The van der Waals surface area contributed by atoms with E-state index in [9.17, 15) is 22.0 Å². The van der Waals surface area contributed by atoms with Crippen molar-refractivity contribution in [1.82, 2.24) is 4.98 Å². The molecule has 0 atom stereocenters. The minimum Gasteiger partial charge on any atom is -0.402 e. The fourth-order valence-corrected chi connectivity index (χ4v) is 1.55. The van der Waals surface area contributed by atoms with E-state index in [1.807, 2.05) is 0 Å². The summed E-state index contributed by atoms with van der Waals surface area (Å²) < 4.78 is 65.1. The number of alkyl halides is 6. The van der Waals surface area contributed by atoms with E-state index >= 15 is 0 Å². The molecule has 0 aliphatic heterocycles. The molecule has 1 aromatic heterocycles. The summed E-state index contributed by atoms with van der Waals surface area (Å²) in [5, 5.41) is 8.52. The quantitative estimate of drug-likeness (QED) is 0.627. The first-order chi connectivity index (χ1) is 8.30. The molecule has 1 aromatic rings. The Morgan fingerprint density at radius 2 is 2.06 bits per heavy atom. The summed E-state index contributed by atoms with van der Waals surface area (Å²) in [5.41, 5.74) is -2.05. The van der Waals surface area contributed by atoms with Gasteiger partial charge in [0, 0.05) is 11.5 Å². The van der Waals surface area contributed by atoms with Crippen LogP contribution < -0.4 is 4.74 Å². The van der Waals surface area contributed by atoms with Crippen LogP contribution in [0.25, 0.3) is 0 Å². The van der Waals surface area contributed by atoms with Crippen molar-refractivity contribution in [2.75, 3.05) is 0 Å². The average molecular weight is 331 g/mol. The van der Waals surface area contributed by atoms with E-state index in [2.05, 4.69) is 25.7 Å². The molecule has 0 aromatic carbocycles. The Morgan fingerprint density at radius 1 is 1.44 bits per heavy atom. The first kappa shape index (κ1) is 14.6. The molecule has 0 saturated carbocycles. The highest BCUT2D eigenvalue weighted by Gasteiger charge is 2.35. The number of nitriles is 1. The molecule has 0 aliphatic carbocycles. The highest BCUT2D eigenvalue weighted by atomic mass is 79.9. The summed E-state index contributed by atoms with van der Waals surface area (Å²) >= 11 is 2.83. The molecule has 98 valence electrons. The number of rotatable bonds is 3. The van der Waals surface area contributed by atoms with Gasteiger partial charge in [0.2, 0.25) is 0 Å². The van der Waals surface area contributed by atoms with Crippen LogP contribution in [0.2, 0.25) is 0 Å². The fourth-order valence-electron chi connectivity index (χ4n) is 1.15. The monoisotopic (exact) mass is 330 g/mol. The van der Waals surface area contributed by atoms with Gasteiger partial charge in [-0.05, 0) is 0 Å². The van der Waals surface area contributed by atoms with Crippen molar-refractivity contribution in [3.05, 3.63) is 23.0 Å². The van der Waals surface area contributed by atoms with E-state index in [0.29, 0.717) is 6.20 Å². The molecule has 0 radical (unpaired) electrons. The third kappa shape index (κ3) is 3.29. The molecule has 0 spiro atoms. The molecule has 0 amide bonds. The molecule has 0 fully saturated rings. The van der Waals surface area contributed by atoms with Crippen LogP contribution in [0, 0.1) is 11.3 Å². The maximum Gasteiger partial charge on any atom is 0.573 e. The molecule has 9 heteroatoms. The molecule has 18 heavy (non-hydrogen) atoms. The Bertz CT molecular complexity index is 483. The van der Waals surface area contributed by atoms with Crippen LogP contribution in [0.1, 0.15) is 23.2 Å². The van der Waals surface area contributed by atoms with Gasteiger partial charge in [0.05, 0.1) is 11.3 Å². The van der Waals surface area contributed by atoms with Crippen molar-refractivity contribution in [2.45, 2.75) is 18.1 Å². The van der Waals surface area contributed by atoms with Gasteiger partial charge in [-0.2, -0.15) is 5.26 Å². The zero-order chi connectivity index (χ0) is 13.9. The highest BCUT2D eigenvalue weighted by molar-refractivity contribution is 9.08. The Hall–Kier alpha value is -1.43. The molecule has 0 aliphatic rings. The van der Waals surface area contributed by atoms with E-state index in [1.54, 1.807) is 0 Å². The maximum absolute atomic E-state index is 12.5. The van der Waals surface area contributed by atoms with Gasteiger partial charge in [0.15, 0.2) is 5.75 Å². The fraction of sp³-hybridized carbons (Fsp3) is 0.333. The van der Waals surface area contributed by atoms with Crippen molar-refractivity contribution in [3.63, 3.8) is 0 Å². The summed E-state index contributed by atoms with van der Waals surface area (Å²) in [4.78, 5) is 3.41. The van der Waals surface area contributed by atoms with Crippen LogP contribution in [0.3, 0.4) is 0 Å². The topological polar surface area (TPSA) is 45.9 Å². The number of hydrogen-bond donors (Lipinski definition) is 0. The second-order valence-corrected chi connectivity index (χ2v) is 3.52. The third-order valence-electron chi connectivity index (χ3n) is 1.83. The molecule has 0 N–H and O–H groups in total. The van der Waals surface area contributed by atoms with Gasteiger partial charge in [-0.15, -0.1) is 13.2 Å². The smallest absolute Gasteiger partial charge is 0.402 e. The molecule has 0 unspecified atom stereocenters. The predicted molar refractivity (Wildman–Crippen MR) is 53.2 cm³/mol. The van der Waals surface area contributed by atoms with Crippen LogP contribution in [-0.4, -0.2) is 11.3 Å². The summed E-state index contributed by atoms with van der Waals surface area (Å²) in [6.07, 6.45) is -7.55. The van der Waals surface area contributed by atoms with E-state index in [4.69, 9.17) is 5.26 Å². The van der Waals surface area contributed by atoms with E-state index in [-0.39, 0.29) is 11.0 Å². The highest BCUT2D eigenvalue weighted by Crippen LogP contribution is 2.35. The number of hydrogen-bond acceptors (Lipinski definition) is 3. The number of halogens is 6. The summed E-state index contributed by atoms with van der Waals surface area (Å²) in [5.74, 6) is -1.00. The largest absolute Gasteiger partial charge is 0.573 e. The van der Waals surface area contributed by atoms with E-state index < -0.39 is 29.7 Å². The normalized spacial score (nSPS) is 11.4. The summed E-state index contributed by atoms with van der Waals surface area (Å²) in [6, 6.07) is 1.28. The molecule has 1 rings (SSSR count). The Kier molecular flexibility index (Phi) is 4.45. The standard InChI is InChI=1S/C9H4BrF5N2O/c10-1-6-7(18-9(13,14)15)4(2-16)5(3-17-6)8(11)12/h3,8H,1H2. The van der Waals surface area contributed by atoms with Crippen molar-refractivity contribution in [3.8, 4) is 11.8 Å². The van der Waals surface area contributed by atoms with Gasteiger partial charge in [-0.3, -0.25) is 4.98 Å². The second kappa shape index (κ2) is 5.48. The van der Waals surface area contributed by atoms with Gasteiger partial charge in [0.1, 0.15) is 11.6 Å².